The van der Waals surface area contributed by atoms with E-state index in [2.05, 4.69) is 0 Å². The predicted molar refractivity (Wildman–Crippen MR) is 28.1 cm³/mol. The van der Waals surface area contributed by atoms with Crippen LogP contribution in [0.4, 0.5) is 0 Å². The molecule has 0 bridgehead atoms. The summed E-state index contributed by atoms with van der Waals surface area (Å²) in [5.41, 5.74) is 0. The van der Waals surface area contributed by atoms with E-state index in [0.29, 0.717) is 0 Å². The summed E-state index contributed by atoms with van der Waals surface area (Å²) in [7, 11) is 5.39. The summed E-state index contributed by atoms with van der Waals surface area (Å²) in [4.78, 5) is 1.77. The first kappa shape index (κ1) is 5.13. The third-order valence-corrected chi connectivity index (χ3v) is 1.05. The zero-order chi connectivity index (χ0) is 5.11. The van der Waals surface area contributed by atoms with Crippen LogP contribution in [0.2, 0.25) is 0 Å². The van der Waals surface area contributed by atoms with E-state index < -0.39 is 0 Å². The first-order valence-corrected chi connectivity index (χ1v) is 2.47. The van der Waals surface area contributed by atoms with Crippen molar-refractivity contribution in [3.05, 3.63) is 0 Å². The standard InChI is InChI=1S/C4H8BNO/c5-6-1-3-7-4-2-6/h1-4H2. The van der Waals surface area contributed by atoms with Crippen LogP contribution in [-0.2, 0) is 4.74 Å². The number of hydrogen-bond acceptors (Lipinski definition) is 2. The molecule has 0 aromatic heterocycles. The molecule has 1 aliphatic heterocycles. The van der Waals surface area contributed by atoms with Crippen LogP contribution in [0.25, 0.3) is 0 Å². The maximum atomic E-state index is 5.39. The van der Waals surface area contributed by atoms with E-state index in [4.69, 9.17) is 12.7 Å². The van der Waals surface area contributed by atoms with Crippen LogP contribution >= 0.6 is 0 Å². The lowest BCUT2D eigenvalue weighted by Gasteiger charge is -2.21. The van der Waals surface area contributed by atoms with E-state index in [1.165, 1.54) is 0 Å². The third-order valence-electron chi connectivity index (χ3n) is 1.05. The fourth-order valence-corrected chi connectivity index (χ4v) is 0.577. The smallest absolute Gasteiger partial charge is 0.182 e. The molecule has 1 rings (SSSR count). The van der Waals surface area contributed by atoms with Crippen molar-refractivity contribution in [1.29, 1.82) is 0 Å². The van der Waals surface area contributed by atoms with Crippen molar-refractivity contribution in [2.75, 3.05) is 26.3 Å². The van der Waals surface area contributed by atoms with Gasteiger partial charge in [0.15, 0.2) is 7.98 Å². The van der Waals surface area contributed by atoms with Gasteiger partial charge in [0.25, 0.3) is 0 Å². The lowest BCUT2D eigenvalue weighted by atomic mass is 10.3. The molecule has 1 aliphatic rings. The van der Waals surface area contributed by atoms with Gasteiger partial charge in [-0.15, -0.1) is 0 Å². The molecule has 0 amide bonds. The van der Waals surface area contributed by atoms with Gasteiger partial charge in [-0.05, 0) is 0 Å². The summed E-state index contributed by atoms with van der Waals surface area (Å²) < 4.78 is 5.02. The van der Waals surface area contributed by atoms with Crippen LogP contribution in [-0.4, -0.2) is 39.1 Å². The molecule has 1 saturated heterocycles. The van der Waals surface area contributed by atoms with Crippen molar-refractivity contribution in [3.8, 4) is 0 Å². The maximum absolute atomic E-state index is 5.39. The van der Waals surface area contributed by atoms with Crippen LogP contribution in [0.15, 0.2) is 0 Å². The molecule has 2 radical (unpaired) electrons. The molecule has 0 atom stereocenters. The van der Waals surface area contributed by atoms with E-state index in [1.807, 2.05) is 0 Å². The van der Waals surface area contributed by atoms with Gasteiger partial charge in [0.05, 0.1) is 13.2 Å². The van der Waals surface area contributed by atoms with E-state index in [9.17, 15) is 0 Å². The molecule has 1 heterocycles. The monoisotopic (exact) mass is 97.1 g/mol. The largest absolute Gasteiger partial charge is 0.379 e. The van der Waals surface area contributed by atoms with Gasteiger partial charge in [0.2, 0.25) is 0 Å². The highest BCUT2D eigenvalue weighted by Gasteiger charge is 2.01. The zero-order valence-electron chi connectivity index (χ0n) is 4.26. The minimum absolute atomic E-state index is 0.788. The molecule has 0 unspecified atom stereocenters. The molecule has 3 heteroatoms. The van der Waals surface area contributed by atoms with Crippen molar-refractivity contribution >= 4 is 7.98 Å². The number of rotatable bonds is 0. The molecular formula is C4H8BNO. The molecule has 2 nitrogen and oxygen atoms in total. The topological polar surface area (TPSA) is 12.5 Å². The Bertz CT molecular complexity index is 53.7. The van der Waals surface area contributed by atoms with Gasteiger partial charge < -0.3 is 9.55 Å². The highest BCUT2D eigenvalue weighted by Crippen LogP contribution is 1.88. The second-order valence-corrected chi connectivity index (χ2v) is 1.65. The highest BCUT2D eigenvalue weighted by molar-refractivity contribution is 6.04. The van der Waals surface area contributed by atoms with Gasteiger partial charge in [-0.1, -0.05) is 0 Å². The van der Waals surface area contributed by atoms with Crippen LogP contribution in [0.1, 0.15) is 0 Å². The predicted octanol–water partition coefficient (Wildman–Crippen LogP) is -0.598. The van der Waals surface area contributed by atoms with Gasteiger partial charge in [0.1, 0.15) is 0 Å². The van der Waals surface area contributed by atoms with E-state index >= 15 is 0 Å². The summed E-state index contributed by atoms with van der Waals surface area (Å²) in [6.07, 6.45) is 0. The summed E-state index contributed by atoms with van der Waals surface area (Å²) in [5, 5.41) is 0. The summed E-state index contributed by atoms with van der Waals surface area (Å²) in [6.45, 7) is 3.33. The minimum atomic E-state index is 0.788. The molecule has 0 aromatic carbocycles. The minimum Gasteiger partial charge on any atom is -0.379 e. The first-order chi connectivity index (χ1) is 3.39. The molecule has 1 fully saturated rings. The van der Waals surface area contributed by atoms with Crippen molar-refractivity contribution < 1.29 is 4.74 Å². The second kappa shape index (κ2) is 2.33. The van der Waals surface area contributed by atoms with E-state index in [1.54, 1.807) is 4.81 Å². The number of ether oxygens (including phenoxy) is 1. The lowest BCUT2D eigenvalue weighted by molar-refractivity contribution is 0.0739. The first-order valence-electron chi connectivity index (χ1n) is 2.47. The number of hydrogen-bond donors (Lipinski definition) is 0. The van der Waals surface area contributed by atoms with Crippen molar-refractivity contribution in [1.82, 2.24) is 4.81 Å². The van der Waals surface area contributed by atoms with Crippen molar-refractivity contribution in [2.45, 2.75) is 0 Å². The quantitative estimate of drug-likeness (QED) is 0.374. The van der Waals surface area contributed by atoms with Crippen molar-refractivity contribution in [3.63, 3.8) is 0 Å². The highest BCUT2D eigenvalue weighted by atomic mass is 16.5. The Balaban J connectivity index is 2.12. The van der Waals surface area contributed by atoms with Crippen LogP contribution in [0.5, 0.6) is 0 Å². The Kier molecular flexibility index (Phi) is 1.71. The molecule has 0 saturated carbocycles. The normalized spacial score (nSPS) is 25.1. The van der Waals surface area contributed by atoms with Gasteiger partial charge in [-0.25, -0.2) is 0 Å². The third kappa shape index (κ3) is 1.49. The van der Waals surface area contributed by atoms with Crippen LogP contribution in [0, 0.1) is 0 Å². The van der Waals surface area contributed by atoms with E-state index in [-0.39, 0.29) is 0 Å². The SMILES string of the molecule is [B]N1CCOCC1. The summed E-state index contributed by atoms with van der Waals surface area (Å²) in [6, 6.07) is 0. The average Bonchev–Trinajstić information content (AvgIpc) is 1.69. The Hall–Kier alpha value is -0.0151. The van der Waals surface area contributed by atoms with Crippen LogP contribution < -0.4 is 0 Å². The Labute approximate surface area is 44.9 Å². The Morgan fingerprint density at radius 1 is 1.29 bits per heavy atom. The zero-order valence-corrected chi connectivity index (χ0v) is 4.26. The molecule has 0 N–H and O–H groups in total. The summed E-state index contributed by atoms with van der Waals surface area (Å²) >= 11 is 0. The molecule has 0 aliphatic carbocycles. The fraction of sp³-hybridized carbons (Fsp3) is 1.00. The lowest BCUT2D eigenvalue weighted by Crippen LogP contribution is -2.33. The number of nitrogens with zero attached hydrogens (tertiary/aromatic N) is 1. The average molecular weight is 96.9 g/mol. The maximum Gasteiger partial charge on any atom is 0.182 e. The fourth-order valence-electron chi connectivity index (χ4n) is 0.577. The van der Waals surface area contributed by atoms with E-state index in [0.717, 1.165) is 26.3 Å². The molecule has 0 spiro atoms. The number of morpholine rings is 1. The second-order valence-electron chi connectivity index (χ2n) is 1.65. The van der Waals surface area contributed by atoms with Gasteiger partial charge in [-0.2, -0.15) is 0 Å². The molecule has 38 valence electrons. The Morgan fingerprint density at radius 2 is 1.86 bits per heavy atom. The summed E-state index contributed by atoms with van der Waals surface area (Å²) in [5.74, 6) is 0. The van der Waals surface area contributed by atoms with Gasteiger partial charge in [0, 0.05) is 13.1 Å². The molecule has 7 heavy (non-hydrogen) atoms. The molecular weight excluding hydrogens is 88.9 g/mol. The van der Waals surface area contributed by atoms with Crippen molar-refractivity contribution in [2.24, 2.45) is 0 Å². The molecule has 0 aromatic rings. The van der Waals surface area contributed by atoms with Crippen LogP contribution in [0.3, 0.4) is 0 Å². The van der Waals surface area contributed by atoms with Gasteiger partial charge >= 0.3 is 0 Å². The van der Waals surface area contributed by atoms with Gasteiger partial charge in [-0.3, -0.25) is 0 Å². The Morgan fingerprint density at radius 3 is 2.14 bits per heavy atom.